The Kier molecular flexibility index (Phi) is 49.6. The molecule has 484 valence electrons. The molecule has 2 fully saturated rings. The summed E-state index contributed by atoms with van der Waals surface area (Å²) in [5.74, 6) is -0.274. The number of carbonyl (C=O) groups is 1. The van der Waals surface area contributed by atoms with Crippen LogP contribution in [0.4, 0.5) is 0 Å². The molecule has 2 rings (SSSR count). The summed E-state index contributed by atoms with van der Waals surface area (Å²) in [7, 11) is 0. The van der Waals surface area contributed by atoms with Crippen LogP contribution in [0.5, 0.6) is 0 Å². The number of aliphatic hydroxyl groups is 8. The third kappa shape index (κ3) is 38.2. The molecule has 12 unspecified atom stereocenters. The largest absolute Gasteiger partial charge is 0.394 e. The van der Waals surface area contributed by atoms with Gasteiger partial charge in [0.25, 0.3) is 0 Å². The number of nitrogens with one attached hydrogen (secondary N) is 1. The molecule has 0 radical (unpaired) electrons. The van der Waals surface area contributed by atoms with Gasteiger partial charge < -0.3 is 65.1 Å². The van der Waals surface area contributed by atoms with E-state index in [2.05, 4.69) is 104 Å². The smallest absolute Gasteiger partial charge is 0.220 e. The molecule has 2 heterocycles. The van der Waals surface area contributed by atoms with Crippen molar-refractivity contribution in [2.24, 2.45) is 0 Å². The Balaban J connectivity index is 1.74. The maximum Gasteiger partial charge on any atom is 0.220 e. The van der Waals surface area contributed by atoms with Gasteiger partial charge in [-0.25, -0.2) is 0 Å². The van der Waals surface area contributed by atoms with Crippen molar-refractivity contribution in [2.45, 2.75) is 319 Å². The molecule has 2 saturated heterocycles. The van der Waals surface area contributed by atoms with Crippen molar-refractivity contribution in [2.75, 3.05) is 19.8 Å². The topological polar surface area (TPSA) is 228 Å². The molecule has 2 aliphatic heterocycles. The van der Waals surface area contributed by atoms with Gasteiger partial charge in [-0.2, -0.15) is 0 Å². The number of amides is 1. The molecule has 0 bridgehead atoms. The second-order valence-electron chi connectivity index (χ2n) is 23.2. The first-order valence-electron chi connectivity index (χ1n) is 33.5. The maximum absolute atomic E-state index is 13.3. The minimum absolute atomic E-state index is 0.242. The molecule has 0 aromatic rings. The fourth-order valence-corrected chi connectivity index (χ4v) is 10.4. The molecule has 0 aliphatic carbocycles. The molecule has 0 saturated carbocycles. The third-order valence-electron chi connectivity index (χ3n) is 15.7. The quantitative estimate of drug-likeness (QED) is 0.0204. The molecule has 0 aromatic heterocycles. The highest BCUT2D eigenvalue weighted by Gasteiger charge is 2.51. The minimum Gasteiger partial charge on any atom is -0.394 e. The Morgan fingerprint density at radius 1 is 0.440 bits per heavy atom. The Morgan fingerprint density at radius 2 is 0.833 bits per heavy atom. The van der Waals surface area contributed by atoms with Crippen LogP contribution in [0.3, 0.4) is 0 Å². The number of unbranched alkanes of at least 4 members (excludes halogenated alkanes) is 26. The van der Waals surface area contributed by atoms with Gasteiger partial charge in [0.05, 0.1) is 32.0 Å². The van der Waals surface area contributed by atoms with Crippen LogP contribution in [0.25, 0.3) is 0 Å². The second kappa shape index (κ2) is 54.1. The highest BCUT2D eigenvalue weighted by Crippen LogP contribution is 2.30. The van der Waals surface area contributed by atoms with E-state index in [1.807, 2.05) is 6.08 Å². The molecule has 14 nitrogen and oxygen atoms in total. The van der Waals surface area contributed by atoms with Crippen LogP contribution in [-0.4, -0.2) is 140 Å². The summed E-state index contributed by atoms with van der Waals surface area (Å²) in [4.78, 5) is 13.3. The van der Waals surface area contributed by atoms with Gasteiger partial charge in [-0.3, -0.25) is 4.79 Å². The normalized spacial score (nSPS) is 24.3. The van der Waals surface area contributed by atoms with Crippen molar-refractivity contribution in [1.29, 1.82) is 0 Å². The van der Waals surface area contributed by atoms with E-state index in [0.717, 1.165) is 89.9 Å². The summed E-state index contributed by atoms with van der Waals surface area (Å²) < 4.78 is 22.8. The van der Waals surface area contributed by atoms with Gasteiger partial charge in [0.1, 0.15) is 48.8 Å². The van der Waals surface area contributed by atoms with Crippen molar-refractivity contribution in [3.63, 3.8) is 0 Å². The van der Waals surface area contributed by atoms with E-state index in [-0.39, 0.29) is 18.9 Å². The van der Waals surface area contributed by atoms with Crippen LogP contribution < -0.4 is 5.32 Å². The lowest BCUT2D eigenvalue weighted by Gasteiger charge is -2.46. The molecule has 0 aromatic carbocycles. The SMILES string of the molecule is CC/C=C\C/C=C\C/C=C\C/C=C\C/C=C\CCCCCCCC(=O)NC(COC1OC(CO)C(OC2OC(CO)C(O)C(O)C2O)C(O)C1O)C(O)/C=C/CC/C=C/CC/C=C/CCCCCCCCCCCCCCCCCCCCC. The van der Waals surface area contributed by atoms with Gasteiger partial charge in [-0.1, -0.05) is 246 Å². The van der Waals surface area contributed by atoms with Crippen molar-refractivity contribution in [3.05, 3.63) is 97.2 Å². The lowest BCUT2D eigenvalue weighted by molar-refractivity contribution is -0.359. The summed E-state index contributed by atoms with van der Waals surface area (Å²) in [6.45, 7) is 2.66. The van der Waals surface area contributed by atoms with E-state index < -0.39 is 86.8 Å². The first-order valence-corrected chi connectivity index (χ1v) is 33.5. The van der Waals surface area contributed by atoms with Crippen LogP contribution in [0, 0.1) is 0 Å². The van der Waals surface area contributed by atoms with Gasteiger partial charge in [0, 0.05) is 6.42 Å². The zero-order chi connectivity index (χ0) is 60.9. The Labute approximate surface area is 509 Å². The van der Waals surface area contributed by atoms with E-state index in [1.54, 1.807) is 6.08 Å². The van der Waals surface area contributed by atoms with Gasteiger partial charge in [-0.05, 0) is 89.9 Å². The first-order chi connectivity index (χ1) is 41.1. The maximum atomic E-state index is 13.3. The van der Waals surface area contributed by atoms with Crippen molar-refractivity contribution >= 4 is 5.91 Å². The standard InChI is InChI=1S/C70H121NO13/c1-3-5-7-9-11-13-15-17-19-21-23-25-26-27-28-29-30-31-32-34-35-37-39-41-43-45-47-49-51-53-59(74)58(57-81-69-67(80)65(78)68(61(56-73)83-69)84-70-66(79)64(77)63(76)60(55-72)82-70)71-62(75)54-52-50-48-46-44-42-40-38-36-33-24-22-20-18-16-14-12-10-8-6-4-2/h6,8,12,14,18,20,24,33,35,37-38,40,43,45,51,53,58-61,63-70,72-74,76-80H,3-5,7,9-11,13,15-17,19,21-23,25-32,34,36,39,41-42,44,46-50,52,54-57H2,1-2H3,(H,71,75)/b8-6-,14-12-,20-18-,33-24-,37-35+,40-38-,45-43+,53-51+. The summed E-state index contributed by atoms with van der Waals surface area (Å²) in [6.07, 6.45) is 58.9. The van der Waals surface area contributed by atoms with Crippen LogP contribution in [0.15, 0.2) is 97.2 Å². The number of aliphatic hydroxyl groups excluding tert-OH is 8. The first kappa shape index (κ1) is 77.0. The predicted octanol–water partition coefficient (Wildman–Crippen LogP) is 13.0. The summed E-state index contributed by atoms with van der Waals surface area (Å²) in [5.41, 5.74) is 0. The van der Waals surface area contributed by atoms with Crippen molar-refractivity contribution in [3.8, 4) is 0 Å². The Morgan fingerprint density at radius 3 is 1.31 bits per heavy atom. The van der Waals surface area contributed by atoms with E-state index in [1.165, 1.54) is 122 Å². The second-order valence-corrected chi connectivity index (χ2v) is 23.2. The molecule has 2 aliphatic rings. The average Bonchev–Trinajstić information content (AvgIpc) is 3.18. The zero-order valence-corrected chi connectivity index (χ0v) is 52.4. The van der Waals surface area contributed by atoms with Gasteiger partial charge in [-0.15, -0.1) is 0 Å². The Bertz CT molecular complexity index is 1780. The van der Waals surface area contributed by atoms with Gasteiger partial charge in [0.2, 0.25) is 5.91 Å². The van der Waals surface area contributed by atoms with Crippen LogP contribution in [0.2, 0.25) is 0 Å². The Hall–Kier alpha value is -3.09. The molecule has 9 N–H and O–H groups in total. The number of hydrogen-bond donors (Lipinski definition) is 9. The molecule has 12 atom stereocenters. The highest BCUT2D eigenvalue weighted by atomic mass is 16.7. The number of allylic oxidation sites excluding steroid dienone is 15. The van der Waals surface area contributed by atoms with Gasteiger partial charge >= 0.3 is 0 Å². The van der Waals surface area contributed by atoms with Crippen LogP contribution in [0.1, 0.15) is 245 Å². The summed E-state index contributed by atoms with van der Waals surface area (Å²) >= 11 is 0. The fraction of sp³-hybridized carbons (Fsp3) is 0.757. The molecule has 0 spiro atoms. The predicted molar refractivity (Wildman–Crippen MR) is 341 cm³/mol. The molecular formula is C70H121NO13. The zero-order valence-electron chi connectivity index (χ0n) is 52.4. The molecule has 1 amide bonds. The molecule has 14 heteroatoms. The van der Waals surface area contributed by atoms with Gasteiger partial charge in [0.15, 0.2) is 12.6 Å². The summed E-state index contributed by atoms with van der Waals surface area (Å²) in [6, 6.07) is -0.957. The average molecular weight is 1180 g/mol. The number of carbonyl (C=O) groups excluding carboxylic acids is 1. The number of ether oxygens (including phenoxy) is 4. The molecule has 84 heavy (non-hydrogen) atoms. The monoisotopic (exact) mass is 1180 g/mol. The lowest BCUT2D eigenvalue weighted by Crippen LogP contribution is -2.65. The van der Waals surface area contributed by atoms with Crippen molar-refractivity contribution < 1.29 is 64.6 Å². The third-order valence-corrected chi connectivity index (χ3v) is 15.7. The van der Waals surface area contributed by atoms with Crippen LogP contribution in [-0.2, 0) is 23.7 Å². The van der Waals surface area contributed by atoms with Crippen LogP contribution >= 0.6 is 0 Å². The van der Waals surface area contributed by atoms with E-state index >= 15 is 0 Å². The lowest BCUT2D eigenvalue weighted by atomic mass is 9.97. The van der Waals surface area contributed by atoms with E-state index in [0.29, 0.717) is 12.8 Å². The van der Waals surface area contributed by atoms with E-state index in [9.17, 15) is 45.6 Å². The summed E-state index contributed by atoms with van der Waals surface area (Å²) in [5, 5.41) is 87.3. The van der Waals surface area contributed by atoms with E-state index in [4.69, 9.17) is 18.9 Å². The minimum atomic E-state index is -1.80. The highest BCUT2D eigenvalue weighted by molar-refractivity contribution is 5.76. The fourth-order valence-electron chi connectivity index (χ4n) is 10.4. The number of rotatable bonds is 53. The van der Waals surface area contributed by atoms with Crippen molar-refractivity contribution in [1.82, 2.24) is 5.32 Å². The molecular weight excluding hydrogens is 1060 g/mol. The number of hydrogen-bond acceptors (Lipinski definition) is 13.